The van der Waals surface area contributed by atoms with Crippen molar-refractivity contribution in [3.63, 3.8) is 0 Å². The van der Waals surface area contributed by atoms with Gasteiger partial charge < -0.3 is 4.74 Å². The first-order chi connectivity index (χ1) is 8.93. The minimum absolute atomic E-state index is 0.160. The SMILES string of the molecule is [C]1=Nc2cccc3cccc(c23)N1C1NCCO1. The predicted octanol–water partition coefficient (Wildman–Crippen LogP) is 2.10. The van der Waals surface area contributed by atoms with Gasteiger partial charge in [0, 0.05) is 11.9 Å². The molecule has 1 fully saturated rings. The molecule has 89 valence electrons. The highest BCUT2D eigenvalue weighted by Crippen LogP contribution is 2.37. The highest BCUT2D eigenvalue weighted by Gasteiger charge is 2.26. The van der Waals surface area contributed by atoms with Crippen molar-refractivity contribution in [1.82, 2.24) is 5.32 Å². The Balaban J connectivity index is 1.92. The van der Waals surface area contributed by atoms with E-state index >= 15 is 0 Å². The minimum Gasteiger partial charge on any atom is -0.343 e. The fourth-order valence-corrected chi connectivity index (χ4v) is 2.51. The molecule has 0 amide bonds. The molecule has 2 aromatic rings. The number of benzene rings is 2. The molecule has 4 rings (SSSR count). The van der Waals surface area contributed by atoms with Crippen LogP contribution in [0.15, 0.2) is 41.4 Å². The monoisotopic (exact) mass is 238 g/mol. The molecule has 0 bridgehead atoms. The summed E-state index contributed by atoms with van der Waals surface area (Å²) in [5.74, 6) is 0. The van der Waals surface area contributed by atoms with Crippen molar-refractivity contribution in [2.45, 2.75) is 6.35 Å². The number of anilines is 1. The molecule has 0 saturated carbocycles. The molecule has 18 heavy (non-hydrogen) atoms. The lowest BCUT2D eigenvalue weighted by Crippen LogP contribution is -2.42. The van der Waals surface area contributed by atoms with E-state index in [0.29, 0.717) is 0 Å². The van der Waals surface area contributed by atoms with Crippen molar-refractivity contribution >= 4 is 28.5 Å². The molecular weight excluding hydrogens is 226 g/mol. The van der Waals surface area contributed by atoms with Crippen LogP contribution < -0.4 is 10.2 Å². The van der Waals surface area contributed by atoms with Gasteiger partial charge in [-0.1, -0.05) is 24.3 Å². The number of aliphatic imine (C=N–C) groups is 1. The third-order valence-electron chi connectivity index (χ3n) is 3.33. The summed E-state index contributed by atoms with van der Waals surface area (Å²) >= 11 is 0. The second kappa shape index (κ2) is 3.80. The molecule has 2 aliphatic rings. The van der Waals surface area contributed by atoms with Crippen LogP contribution >= 0.6 is 0 Å². The molecule has 2 aliphatic heterocycles. The van der Waals surface area contributed by atoms with Crippen LogP contribution in [0, 0.1) is 0 Å². The van der Waals surface area contributed by atoms with Gasteiger partial charge in [-0.3, -0.25) is 10.2 Å². The van der Waals surface area contributed by atoms with Crippen LogP contribution in [-0.2, 0) is 4.74 Å². The Morgan fingerprint density at radius 2 is 2.17 bits per heavy atom. The van der Waals surface area contributed by atoms with Gasteiger partial charge >= 0.3 is 0 Å². The molecule has 1 saturated heterocycles. The Morgan fingerprint density at radius 1 is 1.28 bits per heavy atom. The molecule has 0 aromatic heterocycles. The van der Waals surface area contributed by atoms with Crippen molar-refractivity contribution in [2.24, 2.45) is 4.99 Å². The van der Waals surface area contributed by atoms with Crippen LogP contribution in [0.1, 0.15) is 0 Å². The summed E-state index contributed by atoms with van der Waals surface area (Å²) in [7, 11) is 0. The zero-order valence-corrected chi connectivity index (χ0v) is 9.76. The Labute approximate surface area is 105 Å². The lowest BCUT2D eigenvalue weighted by Gasteiger charge is -2.28. The third-order valence-corrected chi connectivity index (χ3v) is 3.33. The number of hydrogen-bond donors (Lipinski definition) is 1. The summed E-state index contributed by atoms with van der Waals surface area (Å²) < 4.78 is 5.63. The zero-order valence-electron chi connectivity index (χ0n) is 9.76. The average molecular weight is 238 g/mol. The first kappa shape index (κ1) is 10.1. The Hall–Kier alpha value is -1.91. The van der Waals surface area contributed by atoms with Crippen LogP contribution in [-0.4, -0.2) is 25.8 Å². The Morgan fingerprint density at radius 3 is 3.00 bits per heavy atom. The van der Waals surface area contributed by atoms with Crippen LogP contribution in [0.4, 0.5) is 11.4 Å². The zero-order chi connectivity index (χ0) is 11.9. The summed E-state index contributed by atoms with van der Waals surface area (Å²) in [5, 5.41) is 5.64. The van der Waals surface area contributed by atoms with Gasteiger partial charge in [-0.25, -0.2) is 4.99 Å². The lowest BCUT2D eigenvalue weighted by atomic mass is 10.1. The van der Waals surface area contributed by atoms with Crippen LogP contribution in [0.3, 0.4) is 0 Å². The van der Waals surface area contributed by atoms with Crippen molar-refractivity contribution in [3.05, 3.63) is 36.4 Å². The second-order valence-electron chi connectivity index (χ2n) is 4.41. The Kier molecular flexibility index (Phi) is 2.12. The van der Waals surface area contributed by atoms with Crippen LogP contribution in [0.5, 0.6) is 0 Å². The fourth-order valence-electron chi connectivity index (χ4n) is 2.51. The first-order valence-corrected chi connectivity index (χ1v) is 6.06. The predicted molar refractivity (Wildman–Crippen MR) is 71.3 cm³/mol. The highest BCUT2D eigenvalue weighted by atomic mass is 16.5. The standard InChI is InChI=1S/C14H12N3O/c1-3-10-4-2-6-12-13(10)11(5-1)16-9-17(12)14-15-7-8-18-14/h1-6,14-15H,7-8H2. The lowest BCUT2D eigenvalue weighted by molar-refractivity contribution is 0.109. The number of ether oxygens (including phenoxy) is 1. The van der Waals surface area contributed by atoms with Crippen LogP contribution in [0.2, 0.25) is 0 Å². The van der Waals surface area contributed by atoms with E-state index in [1.54, 1.807) is 0 Å². The van der Waals surface area contributed by atoms with Gasteiger partial charge in [-0.05, 0) is 17.5 Å². The van der Waals surface area contributed by atoms with Crippen molar-refractivity contribution in [1.29, 1.82) is 0 Å². The molecule has 1 unspecified atom stereocenters. The summed E-state index contributed by atoms with van der Waals surface area (Å²) in [5.41, 5.74) is 2.06. The fraction of sp³-hybridized carbons (Fsp3) is 0.214. The number of nitrogens with zero attached hydrogens (tertiary/aromatic N) is 2. The molecule has 4 nitrogen and oxygen atoms in total. The van der Waals surface area contributed by atoms with Gasteiger partial charge in [-0.2, -0.15) is 0 Å². The average Bonchev–Trinajstić information content (AvgIpc) is 2.94. The summed E-state index contributed by atoms with van der Waals surface area (Å²) in [6.45, 7) is 1.58. The van der Waals surface area contributed by atoms with E-state index in [1.165, 1.54) is 5.39 Å². The molecule has 1 N–H and O–H groups in total. The third kappa shape index (κ3) is 1.36. The van der Waals surface area contributed by atoms with E-state index in [2.05, 4.69) is 40.9 Å². The van der Waals surface area contributed by atoms with E-state index in [1.807, 2.05) is 17.0 Å². The molecule has 4 heteroatoms. The summed E-state index contributed by atoms with van der Waals surface area (Å²) in [4.78, 5) is 6.33. The van der Waals surface area contributed by atoms with Gasteiger partial charge in [-0.15, -0.1) is 0 Å². The molecule has 2 heterocycles. The topological polar surface area (TPSA) is 36.9 Å². The second-order valence-corrected chi connectivity index (χ2v) is 4.41. The maximum atomic E-state index is 5.63. The van der Waals surface area contributed by atoms with E-state index < -0.39 is 0 Å². The van der Waals surface area contributed by atoms with E-state index in [9.17, 15) is 0 Å². The smallest absolute Gasteiger partial charge is 0.192 e. The first-order valence-electron chi connectivity index (χ1n) is 6.06. The molecule has 1 radical (unpaired) electrons. The van der Waals surface area contributed by atoms with Crippen molar-refractivity contribution < 1.29 is 4.74 Å². The van der Waals surface area contributed by atoms with Gasteiger partial charge in [0.25, 0.3) is 0 Å². The van der Waals surface area contributed by atoms with Crippen LogP contribution in [0.25, 0.3) is 10.8 Å². The maximum absolute atomic E-state index is 5.63. The Bertz CT molecular complexity index is 627. The van der Waals surface area contributed by atoms with E-state index in [-0.39, 0.29) is 6.35 Å². The number of nitrogens with one attached hydrogen (secondary N) is 1. The minimum atomic E-state index is -0.160. The number of rotatable bonds is 1. The maximum Gasteiger partial charge on any atom is 0.192 e. The summed E-state index contributed by atoms with van der Waals surface area (Å²) in [6, 6.07) is 12.4. The molecule has 0 spiro atoms. The van der Waals surface area contributed by atoms with Gasteiger partial charge in [0.15, 0.2) is 12.7 Å². The van der Waals surface area contributed by atoms with Gasteiger partial charge in [0.2, 0.25) is 0 Å². The quantitative estimate of drug-likeness (QED) is 0.826. The van der Waals surface area contributed by atoms with Gasteiger partial charge in [0.05, 0.1) is 18.0 Å². The number of hydrogen-bond acceptors (Lipinski definition) is 4. The normalized spacial score (nSPS) is 21.8. The molecule has 0 aliphatic carbocycles. The molecule has 2 aromatic carbocycles. The summed E-state index contributed by atoms with van der Waals surface area (Å²) in [6.07, 6.45) is 2.89. The largest absolute Gasteiger partial charge is 0.343 e. The van der Waals surface area contributed by atoms with E-state index in [0.717, 1.165) is 29.9 Å². The molecule has 1 atom stereocenters. The van der Waals surface area contributed by atoms with Crippen molar-refractivity contribution in [2.75, 3.05) is 18.1 Å². The van der Waals surface area contributed by atoms with E-state index in [4.69, 9.17) is 4.74 Å². The van der Waals surface area contributed by atoms with Crippen molar-refractivity contribution in [3.8, 4) is 0 Å². The highest BCUT2D eigenvalue weighted by molar-refractivity contribution is 6.09. The van der Waals surface area contributed by atoms with Gasteiger partial charge in [0.1, 0.15) is 0 Å². The molecular formula is C14H12N3O.